The molecule has 10 heteroatoms. The lowest BCUT2D eigenvalue weighted by molar-refractivity contribution is -0.119. The van der Waals surface area contributed by atoms with Crippen molar-refractivity contribution in [1.29, 1.82) is 0 Å². The molecule has 30 heavy (non-hydrogen) atoms. The van der Waals surface area contributed by atoms with Gasteiger partial charge in [0.2, 0.25) is 11.0 Å². The van der Waals surface area contributed by atoms with Gasteiger partial charge in [0.1, 0.15) is 17.5 Å². The highest BCUT2D eigenvalue weighted by atomic mass is 32.1. The molecule has 3 amide bonds. The number of ether oxygens (including phenoxy) is 1. The van der Waals surface area contributed by atoms with Crippen molar-refractivity contribution in [2.75, 3.05) is 24.3 Å². The molecule has 3 heterocycles. The molecule has 0 saturated carbocycles. The number of anilines is 2. The second kappa shape index (κ2) is 8.87. The van der Waals surface area contributed by atoms with Gasteiger partial charge in [0.15, 0.2) is 5.01 Å². The number of aromatic nitrogens is 3. The predicted molar refractivity (Wildman–Crippen MR) is 114 cm³/mol. The normalized spacial score (nSPS) is 15.6. The predicted octanol–water partition coefficient (Wildman–Crippen LogP) is 3.24. The third-order valence-electron chi connectivity index (χ3n) is 4.70. The fraction of sp³-hybridized carbons (Fsp3) is 0.250. The number of nitrogens with zero attached hydrogens (tertiary/aromatic N) is 4. The van der Waals surface area contributed by atoms with Gasteiger partial charge in [-0.2, -0.15) is 0 Å². The molecule has 1 fully saturated rings. The molecule has 3 aromatic rings. The number of carbonyl (C=O) groups excluding carboxylic acids is 2. The number of methoxy groups -OCH3 is 1. The maximum absolute atomic E-state index is 12.8. The molecule has 1 saturated heterocycles. The van der Waals surface area contributed by atoms with Gasteiger partial charge in [-0.25, -0.2) is 4.79 Å². The summed E-state index contributed by atoms with van der Waals surface area (Å²) in [6.07, 6.45) is 3.03. The molecule has 2 N–H and O–H groups in total. The van der Waals surface area contributed by atoms with Crippen LogP contribution in [0.5, 0.6) is 5.75 Å². The third kappa shape index (κ3) is 4.38. The van der Waals surface area contributed by atoms with Gasteiger partial charge in [-0.05, 0) is 49.2 Å². The van der Waals surface area contributed by atoms with E-state index >= 15 is 0 Å². The summed E-state index contributed by atoms with van der Waals surface area (Å²) in [6.45, 7) is 0.498. The van der Waals surface area contributed by atoms with E-state index in [-0.39, 0.29) is 11.9 Å². The second-order valence-corrected chi connectivity index (χ2v) is 7.60. The maximum atomic E-state index is 12.8. The molecule has 0 radical (unpaired) electrons. The molecular formula is C20H20N6O3S. The number of urea groups is 1. The van der Waals surface area contributed by atoms with E-state index in [2.05, 4.69) is 25.8 Å². The molecule has 1 aromatic carbocycles. The first-order chi connectivity index (χ1) is 14.6. The van der Waals surface area contributed by atoms with Crippen molar-refractivity contribution in [3.8, 4) is 16.5 Å². The van der Waals surface area contributed by atoms with Crippen molar-refractivity contribution in [3.63, 3.8) is 0 Å². The number of benzene rings is 1. The number of hydrogen-bond donors (Lipinski definition) is 2. The Balaban J connectivity index is 1.39. The van der Waals surface area contributed by atoms with Crippen molar-refractivity contribution in [2.45, 2.75) is 18.9 Å². The van der Waals surface area contributed by atoms with E-state index in [9.17, 15) is 9.59 Å². The van der Waals surface area contributed by atoms with Crippen molar-refractivity contribution >= 4 is 34.1 Å². The Morgan fingerprint density at radius 3 is 2.70 bits per heavy atom. The molecule has 0 spiro atoms. The van der Waals surface area contributed by atoms with E-state index < -0.39 is 6.04 Å². The van der Waals surface area contributed by atoms with E-state index in [1.807, 2.05) is 18.2 Å². The molecule has 0 bridgehead atoms. The summed E-state index contributed by atoms with van der Waals surface area (Å²) in [4.78, 5) is 31.2. The van der Waals surface area contributed by atoms with Crippen LogP contribution in [-0.2, 0) is 4.79 Å². The largest absolute Gasteiger partial charge is 0.497 e. The molecule has 2 aromatic heterocycles. The summed E-state index contributed by atoms with van der Waals surface area (Å²) in [5, 5.41) is 14.7. The number of rotatable bonds is 5. The summed E-state index contributed by atoms with van der Waals surface area (Å²) in [6, 6.07) is 11.6. The van der Waals surface area contributed by atoms with E-state index in [1.165, 1.54) is 16.2 Å². The number of likely N-dealkylation sites (tertiary alicyclic amines) is 1. The Kier molecular flexibility index (Phi) is 5.84. The lowest BCUT2D eigenvalue weighted by Gasteiger charge is -2.23. The van der Waals surface area contributed by atoms with Crippen LogP contribution >= 0.6 is 11.3 Å². The van der Waals surface area contributed by atoms with Crippen LogP contribution in [0.1, 0.15) is 12.8 Å². The van der Waals surface area contributed by atoms with E-state index in [0.29, 0.717) is 40.2 Å². The Bertz CT molecular complexity index is 1020. The topological polar surface area (TPSA) is 109 Å². The monoisotopic (exact) mass is 424 g/mol. The van der Waals surface area contributed by atoms with Crippen molar-refractivity contribution in [2.24, 2.45) is 0 Å². The van der Waals surface area contributed by atoms with Crippen LogP contribution in [0.25, 0.3) is 10.7 Å². The van der Waals surface area contributed by atoms with Gasteiger partial charge >= 0.3 is 6.03 Å². The van der Waals surface area contributed by atoms with Gasteiger partial charge in [0.25, 0.3) is 0 Å². The number of nitrogens with one attached hydrogen (secondary N) is 2. The lowest BCUT2D eigenvalue weighted by Crippen LogP contribution is -2.45. The van der Waals surface area contributed by atoms with Crippen molar-refractivity contribution in [1.82, 2.24) is 20.1 Å². The number of amides is 3. The van der Waals surface area contributed by atoms with E-state index in [1.54, 1.807) is 37.6 Å². The molecular weight excluding hydrogens is 404 g/mol. The van der Waals surface area contributed by atoms with Crippen LogP contribution < -0.4 is 15.4 Å². The number of carbonyl (C=O) groups is 2. The van der Waals surface area contributed by atoms with Crippen LogP contribution in [-0.4, -0.2) is 51.7 Å². The maximum Gasteiger partial charge on any atom is 0.324 e. The summed E-state index contributed by atoms with van der Waals surface area (Å²) >= 11 is 1.23. The fourth-order valence-corrected chi connectivity index (χ4v) is 3.92. The molecule has 1 atom stereocenters. The van der Waals surface area contributed by atoms with E-state index in [0.717, 1.165) is 6.42 Å². The van der Waals surface area contributed by atoms with Crippen LogP contribution in [0.4, 0.5) is 15.6 Å². The number of pyridine rings is 1. The Morgan fingerprint density at radius 1 is 1.13 bits per heavy atom. The highest BCUT2D eigenvalue weighted by Crippen LogP contribution is 2.26. The standard InChI is InChI=1S/C20H20N6O3S/c1-29-14-9-7-13(8-10-14)22-17(27)16-6-4-12-26(16)20(28)23-19-25-24-18(30-19)15-5-2-3-11-21-15/h2-3,5,7-11,16H,4,6,12H2,1H3,(H,22,27)(H,23,25,28)/t16-/m1/s1. The van der Waals surface area contributed by atoms with Crippen LogP contribution in [0, 0.1) is 0 Å². The van der Waals surface area contributed by atoms with Gasteiger partial charge < -0.3 is 15.0 Å². The summed E-state index contributed by atoms with van der Waals surface area (Å²) < 4.78 is 5.12. The van der Waals surface area contributed by atoms with Crippen LogP contribution in [0.15, 0.2) is 48.7 Å². The van der Waals surface area contributed by atoms with Gasteiger partial charge in [0.05, 0.1) is 7.11 Å². The van der Waals surface area contributed by atoms with E-state index in [4.69, 9.17) is 4.74 Å². The first kappa shape index (κ1) is 19.8. The van der Waals surface area contributed by atoms with Gasteiger partial charge in [0, 0.05) is 18.4 Å². The molecule has 0 aliphatic carbocycles. The molecule has 0 unspecified atom stereocenters. The molecule has 154 valence electrons. The quantitative estimate of drug-likeness (QED) is 0.651. The van der Waals surface area contributed by atoms with Crippen molar-refractivity contribution in [3.05, 3.63) is 48.7 Å². The first-order valence-electron chi connectivity index (χ1n) is 9.41. The average Bonchev–Trinajstić information content (AvgIpc) is 3.45. The zero-order chi connectivity index (χ0) is 20.9. The highest BCUT2D eigenvalue weighted by Gasteiger charge is 2.34. The van der Waals surface area contributed by atoms with Crippen LogP contribution in [0.2, 0.25) is 0 Å². The minimum absolute atomic E-state index is 0.223. The minimum atomic E-state index is -0.546. The molecule has 4 rings (SSSR count). The van der Waals surface area contributed by atoms with Gasteiger partial charge in [-0.15, -0.1) is 10.2 Å². The van der Waals surface area contributed by atoms with Gasteiger partial charge in [-0.1, -0.05) is 17.4 Å². The SMILES string of the molecule is COc1ccc(NC(=O)[C@H]2CCCN2C(=O)Nc2nnc(-c3ccccn3)s2)cc1. The second-order valence-electron chi connectivity index (χ2n) is 6.63. The molecule has 1 aliphatic heterocycles. The Hall–Kier alpha value is -3.53. The zero-order valence-corrected chi connectivity index (χ0v) is 17.1. The average molecular weight is 424 g/mol. The zero-order valence-electron chi connectivity index (χ0n) is 16.2. The van der Waals surface area contributed by atoms with Crippen LogP contribution in [0.3, 0.4) is 0 Å². The lowest BCUT2D eigenvalue weighted by atomic mass is 10.2. The van der Waals surface area contributed by atoms with Gasteiger partial charge in [-0.3, -0.25) is 15.1 Å². The Labute approximate surface area is 177 Å². The summed E-state index contributed by atoms with van der Waals surface area (Å²) in [7, 11) is 1.58. The number of hydrogen-bond acceptors (Lipinski definition) is 7. The molecule has 9 nitrogen and oxygen atoms in total. The highest BCUT2D eigenvalue weighted by molar-refractivity contribution is 7.18. The minimum Gasteiger partial charge on any atom is -0.497 e. The van der Waals surface area contributed by atoms with Crippen molar-refractivity contribution < 1.29 is 14.3 Å². The summed E-state index contributed by atoms with van der Waals surface area (Å²) in [5.41, 5.74) is 1.34. The smallest absolute Gasteiger partial charge is 0.324 e. The fourth-order valence-electron chi connectivity index (χ4n) is 3.21. The molecule has 1 aliphatic rings. The third-order valence-corrected chi connectivity index (χ3v) is 5.56. The summed E-state index contributed by atoms with van der Waals surface area (Å²) in [5.74, 6) is 0.483. The first-order valence-corrected chi connectivity index (χ1v) is 10.2. The Morgan fingerprint density at radius 2 is 1.97 bits per heavy atom.